The van der Waals surface area contributed by atoms with Crippen molar-refractivity contribution in [3.63, 3.8) is 0 Å². The summed E-state index contributed by atoms with van der Waals surface area (Å²) in [7, 11) is 3.91. The van der Waals surface area contributed by atoms with Gasteiger partial charge < -0.3 is 15.5 Å². The van der Waals surface area contributed by atoms with Gasteiger partial charge >= 0.3 is 0 Å². The van der Waals surface area contributed by atoms with Gasteiger partial charge in [0.05, 0.1) is 18.1 Å². The highest BCUT2D eigenvalue weighted by atomic mass is 79.9. The maximum atomic E-state index is 4.72. The van der Waals surface area contributed by atoms with Crippen LogP contribution in [-0.2, 0) is 13.6 Å². The molecular formula is C19H25BrN8. The summed E-state index contributed by atoms with van der Waals surface area (Å²) in [5.74, 6) is 1.66. The molecule has 3 aromatic rings. The monoisotopic (exact) mass is 444 g/mol. The first kappa shape index (κ1) is 20.1. The summed E-state index contributed by atoms with van der Waals surface area (Å²) >= 11 is 3.47. The third-order valence-corrected chi connectivity index (χ3v) is 4.75. The maximum absolute atomic E-state index is 4.72. The summed E-state index contributed by atoms with van der Waals surface area (Å²) in [5, 5.41) is 11.8. The molecular weight excluding hydrogens is 420 g/mol. The van der Waals surface area contributed by atoms with Crippen LogP contribution in [0.4, 0.5) is 5.82 Å². The fourth-order valence-electron chi connectivity index (χ4n) is 2.85. The van der Waals surface area contributed by atoms with E-state index in [-0.39, 0.29) is 0 Å². The van der Waals surface area contributed by atoms with Crippen molar-refractivity contribution < 1.29 is 0 Å². The largest absolute Gasteiger partial charge is 0.367 e. The number of hydrogen-bond donors (Lipinski definition) is 2. The number of anilines is 1. The van der Waals surface area contributed by atoms with Crippen LogP contribution in [0.2, 0.25) is 0 Å². The van der Waals surface area contributed by atoms with E-state index in [1.54, 1.807) is 17.2 Å². The molecule has 2 aromatic heterocycles. The van der Waals surface area contributed by atoms with Crippen LogP contribution in [0.3, 0.4) is 0 Å². The van der Waals surface area contributed by atoms with E-state index in [4.69, 9.17) is 4.99 Å². The minimum Gasteiger partial charge on any atom is -0.367 e. The molecule has 0 radical (unpaired) electrons. The Morgan fingerprint density at radius 1 is 1.25 bits per heavy atom. The molecule has 0 saturated carbocycles. The molecule has 8 nitrogen and oxygen atoms in total. The second-order valence-electron chi connectivity index (χ2n) is 6.37. The average molecular weight is 445 g/mol. The summed E-state index contributed by atoms with van der Waals surface area (Å²) in [4.78, 5) is 15.4. The Kier molecular flexibility index (Phi) is 6.80. The minimum absolute atomic E-state index is 0.624. The van der Waals surface area contributed by atoms with Crippen molar-refractivity contribution >= 4 is 38.7 Å². The van der Waals surface area contributed by atoms with Crippen molar-refractivity contribution in [2.75, 3.05) is 32.0 Å². The zero-order chi connectivity index (χ0) is 19.9. The van der Waals surface area contributed by atoms with Crippen LogP contribution in [0, 0.1) is 0 Å². The van der Waals surface area contributed by atoms with Crippen molar-refractivity contribution in [2.45, 2.75) is 13.5 Å². The molecule has 3 rings (SSSR count). The fraction of sp³-hybridized carbons (Fsp3) is 0.368. The SMILES string of the molecule is CCNC(=NCCNc1ncnc2c1cnn2C)N(C)Cc1ccc(Br)cc1. The van der Waals surface area contributed by atoms with Gasteiger partial charge in [-0.05, 0) is 24.6 Å². The van der Waals surface area contributed by atoms with Gasteiger partial charge in [-0.3, -0.25) is 9.67 Å². The Balaban J connectivity index is 1.59. The van der Waals surface area contributed by atoms with Gasteiger partial charge in [-0.2, -0.15) is 5.10 Å². The summed E-state index contributed by atoms with van der Waals surface area (Å²) in [6.45, 7) is 4.97. The Hall–Kier alpha value is -2.68. The van der Waals surface area contributed by atoms with E-state index in [9.17, 15) is 0 Å². The van der Waals surface area contributed by atoms with Crippen LogP contribution >= 0.6 is 15.9 Å². The van der Waals surface area contributed by atoms with Gasteiger partial charge in [-0.15, -0.1) is 0 Å². The Bertz CT molecular complexity index is 935. The molecule has 2 heterocycles. The van der Waals surface area contributed by atoms with Gasteiger partial charge in [-0.1, -0.05) is 28.1 Å². The van der Waals surface area contributed by atoms with E-state index >= 15 is 0 Å². The lowest BCUT2D eigenvalue weighted by Crippen LogP contribution is -2.38. The molecule has 0 amide bonds. The number of rotatable bonds is 7. The van der Waals surface area contributed by atoms with Gasteiger partial charge in [0.2, 0.25) is 0 Å². The molecule has 148 valence electrons. The molecule has 0 aliphatic carbocycles. The molecule has 0 aliphatic rings. The normalized spacial score (nSPS) is 11.6. The van der Waals surface area contributed by atoms with Crippen molar-refractivity contribution in [1.82, 2.24) is 30.0 Å². The lowest BCUT2D eigenvalue weighted by Gasteiger charge is -2.22. The van der Waals surface area contributed by atoms with E-state index < -0.39 is 0 Å². The number of benzene rings is 1. The Morgan fingerprint density at radius 2 is 2.04 bits per heavy atom. The number of nitrogens with one attached hydrogen (secondary N) is 2. The van der Waals surface area contributed by atoms with Crippen LogP contribution < -0.4 is 10.6 Å². The van der Waals surface area contributed by atoms with Crippen LogP contribution in [-0.4, -0.2) is 57.3 Å². The highest BCUT2D eigenvalue weighted by Crippen LogP contribution is 2.17. The standard InChI is InChI=1S/C19H25BrN8/c1-4-21-19(27(2)12-14-5-7-15(20)8-6-14)23-10-9-22-17-16-11-26-28(3)18(16)25-13-24-17/h5-8,11,13H,4,9-10,12H2,1-3H3,(H,21,23)(H,22,24,25). The zero-order valence-electron chi connectivity index (χ0n) is 16.4. The lowest BCUT2D eigenvalue weighted by molar-refractivity contribution is 0.477. The zero-order valence-corrected chi connectivity index (χ0v) is 17.9. The molecule has 28 heavy (non-hydrogen) atoms. The van der Waals surface area contributed by atoms with Crippen LogP contribution in [0.25, 0.3) is 11.0 Å². The number of aryl methyl sites for hydroxylation is 1. The molecule has 0 aliphatic heterocycles. The van der Waals surface area contributed by atoms with Gasteiger partial charge in [0.15, 0.2) is 11.6 Å². The highest BCUT2D eigenvalue weighted by Gasteiger charge is 2.08. The molecule has 0 atom stereocenters. The molecule has 2 N–H and O–H groups in total. The molecule has 0 saturated heterocycles. The van der Waals surface area contributed by atoms with E-state index in [0.29, 0.717) is 13.1 Å². The second kappa shape index (κ2) is 9.50. The first-order valence-corrected chi connectivity index (χ1v) is 9.98. The van der Waals surface area contributed by atoms with E-state index in [2.05, 4.69) is 77.7 Å². The summed E-state index contributed by atoms with van der Waals surface area (Å²) < 4.78 is 2.82. The average Bonchev–Trinajstić information content (AvgIpc) is 3.08. The number of fused-ring (bicyclic) bond motifs is 1. The Labute approximate surface area is 173 Å². The molecule has 0 spiro atoms. The molecule has 1 aromatic carbocycles. The van der Waals surface area contributed by atoms with Gasteiger partial charge in [0.1, 0.15) is 12.1 Å². The minimum atomic E-state index is 0.624. The highest BCUT2D eigenvalue weighted by molar-refractivity contribution is 9.10. The second-order valence-corrected chi connectivity index (χ2v) is 7.29. The molecule has 9 heteroatoms. The van der Waals surface area contributed by atoms with Crippen molar-refractivity contribution in [1.29, 1.82) is 0 Å². The quantitative estimate of drug-likeness (QED) is 0.331. The van der Waals surface area contributed by atoms with Gasteiger partial charge in [-0.25, -0.2) is 9.97 Å². The van der Waals surface area contributed by atoms with Crippen LogP contribution in [0.1, 0.15) is 12.5 Å². The Morgan fingerprint density at radius 3 is 2.79 bits per heavy atom. The van der Waals surface area contributed by atoms with Crippen molar-refractivity contribution in [3.8, 4) is 0 Å². The fourth-order valence-corrected chi connectivity index (χ4v) is 3.11. The third-order valence-electron chi connectivity index (χ3n) is 4.22. The number of aromatic nitrogens is 4. The third kappa shape index (κ3) is 4.98. The maximum Gasteiger partial charge on any atom is 0.194 e. The molecule has 0 fully saturated rings. The van der Waals surface area contributed by atoms with E-state index in [1.807, 2.05) is 14.1 Å². The van der Waals surface area contributed by atoms with Crippen LogP contribution in [0.5, 0.6) is 0 Å². The molecule has 0 bridgehead atoms. The first-order valence-electron chi connectivity index (χ1n) is 9.19. The number of halogens is 1. The van der Waals surface area contributed by atoms with Crippen molar-refractivity contribution in [2.24, 2.45) is 12.0 Å². The van der Waals surface area contributed by atoms with Crippen molar-refractivity contribution in [3.05, 3.63) is 46.8 Å². The van der Waals surface area contributed by atoms with Crippen LogP contribution in [0.15, 0.2) is 46.3 Å². The smallest absolute Gasteiger partial charge is 0.194 e. The predicted octanol–water partition coefficient (Wildman–Crippen LogP) is 2.64. The summed E-state index contributed by atoms with van der Waals surface area (Å²) in [6.07, 6.45) is 3.32. The number of aliphatic imine (C=N–C) groups is 1. The summed E-state index contributed by atoms with van der Waals surface area (Å²) in [5.41, 5.74) is 2.04. The van der Waals surface area contributed by atoms with E-state index in [0.717, 1.165) is 40.4 Å². The number of nitrogens with zero attached hydrogens (tertiary/aromatic N) is 6. The van der Waals surface area contributed by atoms with Gasteiger partial charge in [0.25, 0.3) is 0 Å². The first-order chi connectivity index (χ1) is 13.6. The number of guanidine groups is 1. The topological polar surface area (TPSA) is 83.3 Å². The van der Waals surface area contributed by atoms with Gasteiger partial charge in [0, 0.05) is 38.2 Å². The summed E-state index contributed by atoms with van der Waals surface area (Å²) in [6, 6.07) is 8.33. The lowest BCUT2D eigenvalue weighted by atomic mass is 10.2. The predicted molar refractivity (Wildman–Crippen MR) is 116 cm³/mol. The molecule has 0 unspecified atom stereocenters. The van der Waals surface area contributed by atoms with E-state index in [1.165, 1.54) is 5.56 Å². The number of hydrogen-bond acceptors (Lipinski definition) is 5.